The van der Waals surface area contributed by atoms with Crippen molar-refractivity contribution in [2.75, 3.05) is 20.2 Å². The number of ketones is 1. The normalized spacial score (nSPS) is 19.7. The third-order valence-corrected chi connectivity index (χ3v) is 5.45. The molecule has 1 aromatic rings. The van der Waals surface area contributed by atoms with Crippen molar-refractivity contribution >= 4 is 11.7 Å². The predicted octanol–water partition coefficient (Wildman–Crippen LogP) is 3.50. The number of piperidine rings is 1. The van der Waals surface area contributed by atoms with E-state index in [-0.39, 0.29) is 25.9 Å². The van der Waals surface area contributed by atoms with E-state index in [1.54, 1.807) is 6.92 Å². The zero-order chi connectivity index (χ0) is 18.0. The molecule has 5 heteroatoms. The molecule has 1 aliphatic heterocycles. The number of fused-ring (bicyclic) bond motifs is 1. The summed E-state index contributed by atoms with van der Waals surface area (Å²) < 4.78 is 19.3. The number of alkyl halides is 1. The van der Waals surface area contributed by atoms with Gasteiger partial charge in [0.1, 0.15) is 11.4 Å². The molecule has 0 saturated carbocycles. The van der Waals surface area contributed by atoms with Gasteiger partial charge in [0.05, 0.1) is 12.7 Å². The van der Waals surface area contributed by atoms with Crippen molar-refractivity contribution in [1.29, 1.82) is 0 Å². The van der Waals surface area contributed by atoms with E-state index in [1.165, 1.54) is 24.0 Å². The largest absolute Gasteiger partial charge is 0.496 e. The average molecular weight is 347 g/mol. The molecule has 0 bridgehead atoms. The first-order valence-electron chi connectivity index (χ1n) is 9.13. The monoisotopic (exact) mass is 347 g/mol. The van der Waals surface area contributed by atoms with E-state index in [0.29, 0.717) is 11.3 Å². The maximum absolute atomic E-state index is 13.9. The second-order valence-electron chi connectivity index (χ2n) is 7.42. The second kappa shape index (κ2) is 7.14. The van der Waals surface area contributed by atoms with Gasteiger partial charge < -0.3 is 9.64 Å². The van der Waals surface area contributed by atoms with Crippen LogP contribution in [0.4, 0.5) is 4.39 Å². The summed E-state index contributed by atoms with van der Waals surface area (Å²) in [5.74, 6) is -0.639. The van der Waals surface area contributed by atoms with Crippen LogP contribution in [0, 0.1) is 0 Å². The van der Waals surface area contributed by atoms with Gasteiger partial charge in [-0.1, -0.05) is 6.42 Å². The molecule has 25 heavy (non-hydrogen) atoms. The fourth-order valence-corrected chi connectivity index (χ4v) is 3.72. The Hall–Kier alpha value is -1.91. The molecule has 136 valence electrons. The SMILES string of the molecule is COc1cc2c(cc1C(=O)C(=O)N1CCC(C)(F)CC1)CCCCC2. The summed E-state index contributed by atoms with van der Waals surface area (Å²) in [7, 11) is 1.52. The Labute approximate surface area is 148 Å². The van der Waals surface area contributed by atoms with E-state index >= 15 is 0 Å². The molecule has 2 aliphatic rings. The number of aryl methyl sites for hydroxylation is 2. The van der Waals surface area contributed by atoms with Gasteiger partial charge in [-0.2, -0.15) is 0 Å². The van der Waals surface area contributed by atoms with Gasteiger partial charge in [0, 0.05) is 13.1 Å². The number of hydrogen-bond donors (Lipinski definition) is 0. The van der Waals surface area contributed by atoms with E-state index in [9.17, 15) is 14.0 Å². The number of methoxy groups -OCH3 is 1. The lowest BCUT2D eigenvalue weighted by atomic mass is 9.94. The number of amides is 1. The van der Waals surface area contributed by atoms with Crippen molar-refractivity contribution in [3.63, 3.8) is 0 Å². The summed E-state index contributed by atoms with van der Waals surface area (Å²) in [6.45, 7) is 2.11. The molecular formula is C20H26FNO3. The van der Waals surface area contributed by atoms with E-state index in [4.69, 9.17) is 4.74 Å². The number of Topliss-reactive ketones (excluding diaryl/α,β-unsaturated/α-hetero) is 1. The van der Waals surface area contributed by atoms with Gasteiger partial charge in [-0.25, -0.2) is 4.39 Å². The minimum absolute atomic E-state index is 0.271. The van der Waals surface area contributed by atoms with Crippen molar-refractivity contribution in [1.82, 2.24) is 4.90 Å². The number of rotatable bonds is 3. The van der Waals surface area contributed by atoms with Crippen LogP contribution >= 0.6 is 0 Å². The third kappa shape index (κ3) is 3.86. The molecule has 1 heterocycles. The number of carbonyl (C=O) groups excluding carboxylic acids is 2. The number of nitrogens with zero attached hydrogens (tertiary/aromatic N) is 1. The molecule has 0 unspecified atom stereocenters. The van der Waals surface area contributed by atoms with E-state index < -0.39 is 17.4 Å². The summed E-state index contributed by atoms with van der Waals surface area (Å²) in [4.78, 5) is 26.9. The van der Waals surface area contributed by atoms with Crippen molar-refractivity contribution in [2.45, 2.75) is 57.5 Å². The Morgan fingerprint density at radius 2 is 1.68 bits per heavy atom. The molecule has 3 rings (SSSR count). The van der Waals surface area contributed by atoms with Gasteiger partial charge >= 0.3 is 0 Å². The van der Waals surface area contributed by atoms with Gasteiger partial charge in [0.25, 0.3) is 11.7 Å². The highest BCUT2D eigenvalue weighted by molar-refractivity contribution is 6.43. The van der Waals surface area contributed by atoms with Crippen LogP contribution in [0.3, 0.4) is 0 Å². The van der Waals surface area contributed by atoms with Gasteiger partial charge in [0.15, 0.2) is 0 Å². The van der Waals surface area contributed by atoms with Crippen molar-refractivity contribution < 1.29 is 18.7 Å². The summed E-state index contributed by atoms with van der Waals surface area (Å²) in [6, 6.07) is 3.75. The predicted molar refractivity (Wildman–Crippen MR) is 93.9 cm³/mol. The number of likely N-dealkylation sites (tertiary alicyclic amines) is 1. The van der Waals surface area contributed by atoms with Crippen LogP contribution in [-0.4, -0.2) is 42.5 Å². The Kier molecular flexibility index (Phi) is 5.11. The molecular weight excluding hydrogens is 321 g/mol. The van der Waals surface area contributed by atoms with Crippen LogP contribution < -0.4 is 4.74 Å². The molecule has 0 atom stereocenters. The number of ether oxygens (including phenoxy) is 1. The topological polar surface area (TPSA) is 46.6 Å². The summed E-state index contributed by atoms with van der Waals surface area (Å²) >= 11 is 0. The quantitative estimate of drug-likeness (QED) is 0.478. The molecule has 0 aromatic heterocycles. The first kappa shape index (κ1) is 17.9. The van der Waals surface area contributed by atoms with E-state index in [0.717, 1.165) is 31.2 Å². The Morgan fingerprint density at radius 1 is 1.08 bits per heavy atom. The zero-order valence-electron chi connectivity index (χ0n) is 15.1. The minimum atomic E-state index is -1.25. The zero-order valence-corrected chi connectivity index (χ0v) is 15.1. The fraction of sp³-hybridized carbons (Fsp3) is 0.600. The number of carbonyl (C=O) groups is 2. The highest BCUT2D eigenvalue weighted by atomic mass is 19.1. The second-order valence-corrected chi connectivity index (χ2v) is 7.42. The van der Waals surface area contributed by atoms with Crippen molar-refractivity contribution in [3.8, 4) is 5.75 Å². The number of hydrogen-bond acceptors (Lipinski definition) is 3. The number of halogens is 1. The van der Waals surface area contributed by atoms with Crippen LogP contribution in [-0.2, 0) is 17.6 Å². The Balaban J connectivity index is 1.83. The highest BCUT2D eigenvalue weighted by Gasteiger charge is 2.34. The van der Waals surface area contributed by atoms with Gasteiger partial charge in [-0.15, -0.1) is 0 Å². The van der Waals surface area contributed by atoms with Gasteiger partial charge in [0.2, 0.25) is 0 Å². The van der Waals surface area contributed by atoms with E-state index in [1.807, 2.05) is 12.1 Å². The molecule has 0 radical (unpaired) electrons. The minimum Gasteiger partial charge on any atom is -0.496 e. The fourth-order valence-electron chi connectivity index (χ4n) is 3.72. The highest BCUT2D eigenvalue weighted by Crippen LogP contribution is 2.30. The van der Waals surface area contributed by atoms with Crippen molar-refractivity contribution in [3.05, 3.63) is 28.8 Å². The van der Waals surface area contributed by atoms with Crippen LogP contribution in [0.5, 0.6) is 5.75 Å². The van der Waals surface area contributed by atoms with Crippen LogP contribution in [0.15, 0.2) is 12.1 Å². The van der Waals surface area contributed by atoms with Gasteiger partial charge in [-0.3, -0.25) is 9.59 Å². The first-order valence-corrected chi connectivity index (χ1v) is 9.13. The first-order chi connectivity index (χ1) is 11.9. The molecule has 0 spiro atoms. The molecule has 4 nitrogen and oxygen atoms in total. The third-order valence-electron chi connectivity index (χ3n) is 5.45. The average Bonchev–Trinajstić information content (AvgIpc) is 2.84. The summed E-state index contributed by atoms with van der Waals surface area (Å²) in [6.07, 6.45) is 5.86. The standard InChI is InChI=1S/C20H26FNO3/c1-20(21)8-10-22(11-9-20)19(24)18(23)16-12-14-6-4-3-5-7-15(14)13-17(16)25-2/h12-13H,3-11H2,1-2H3. The molecule has 0 N–H and O–H groups in total. The van der Waals surface area contributed by atoms with Crippen LogP contribution in [0.2, 0.25) is 0 Å². The maximum Gasteiger partial charge on any atom is 0.295 e. The molecule has 1 amide bonds. The molecule has 1 saturated heterocycles. The van der Waals surface area contributed by atoms with Crippen LogP contribution in [0.1, 0.15) is 60.5 Å². The summed E-state index contributed by atoms with van der Waals surface area (Å²) in [5, 5.41) is 0. The van der Waals surface area contributed by atoms with E-state index in [2.05, 4.69) is 0 Å². The lowest BCUT2D eigenvalue weighted by molar-refractivity contribution is -0.128. The Bertz CT molecular complexity index is 674. The van der Waals surface area contributed by atoms with Gasteiger partial charge in [-0.05, 0) is 68.7 Å². The van der Waals surface area contributed by atoms with Crippen LogP contribution in [0.25, 0.3) is 0 Å². The number of benzene rings is 1. The summed E-state index contributed by atoms with van der Waals surface area (Å²) in [5.41, 5.74) is 1.44. The lowest BCUT2D eigenvalue weighted by Gasteiger charge is -2.33. The molecule has 1 aromatic carbocycles. The molecule has 1 fully saturated rings. The Morgan fingerprint density at radius 3 is 2.28 bits per heavy atom. The lowest BCUT2D eigenvalue weighted by Crippen LogP contribution is -2.45. The smallest absolute Gasteiger partial charge is 0.295 e. The molecule has 1 aliphatic carbocycles. The maximum atomic E-state index is 13.9. The van der Waals surface area contributed by atoms with Crippen molar-refractivity contribution in [2.24, 2.45) is 0 Å².